The molecule has 0 radical (unpaired) electrons. The first-order valence-electron chi connectivity index (χ1n) is 5.39. The highest BCUT2D eigenvalue weighted by atomic mass is 19.1. The third-order valence-electron chi connectivity index (χ3n) is 2.45. The highest BCUT2D eigenvalue weighted by Crippen LogP contribution is 2.10. The van der Waals surface area contributed by atoms with Crippen molar-refractivity contribution >= 4 is 11.9 Å². The topological polar surface area (TPSA) is 17.1 Å². The van der Waals surface area contributed by atoms with Crippen molar-refractivity contribution in [2.24, 2.45) is 0 Å². The number of ketones is 1. The second-order valence-electron chi connectivity index (χ2n) is 3.73. The molecule has 18 heavy (non-hydrogen) atoms. The third-order valence-corrected chi connectivity index (χ3v) is 2.45. The number of hydrogen-bond donors (Lipinski definition) is 0. The van der Waals surface area contributed by atoms with Gasteiger partial charge in [-0.3, -0.25) is 4.79 Å². The molecule has 0 saturated heterocycles. The van der Waals surface area contributed by atoms with Crippen LogP contribution in [0.2, 0.25) is 0 Å². The molecule has 90 valence electrons. The molecule has 0 aliphatic rings. The van der Waals surface area contributed by atoms with Gasteiger partial charge in [0.1, 0.15) is 11.6 Å². The maximum atomic E-state index is 13.3. The summed E-state index contributed by atoms with van der Waals surface area (Å²) in [6, 6.07) is 11.4. The van der Waals surface area contributed by atoms with Gasteiger partial charge in [-0.25, -0.2) is 8.78 Å². The van der Waals surface area contributed by atoms with E-state index in [1.54, 1.807) is 18.2 Å². The Morgan fingerprint density at radius 2 is 1.61 bits per heavy atom. The maximum Gasteiger partial charge on any atom is 0.185 e. The zero-order valence-electron chi connectivity index (χ0n) is 9.44. The lowest BCUT2D eigenvalue weighted by Crippen LogP contribution is -1.94. The second-order valence-corrected chi connectivity index (χ2v) is 3.73. The third kappa shape index (κ3) is 2.88. The van der Waals surface area contributed by atoms with Gasteiger partial charge in [0.25, 0.3) is 0 Å². The van der Waals surface area contributed by atoms with Crippen LogP contribution in [0.4, 0.5) is 8.78 Å². The van der Waals surface area contributed by atoms with Crippen molar-refractivity contribution in [3.8, 4) is 0 Å². The largest absolute Gasteiger partial charge is 0.289 e. The fourth-order valence-corrected chi connectivity index (χ4v) is 1.49. The van der Waals surface area contributed by atoms with Crippen molar-refractivity contribution in [1.29, 1.82) is 0 Å². The van der Waals surface area contributed by atoms with Gasteiger partial charge in [-0.2, -0.15) is 0 Å². The predicted molar refractivity (Wildman–Crippen MR) is 66.2 cm³/mol. The lowest BCUT2D eigenvalue weighted by atomic mass is 10.1. The summed E-state index contributed by atoms with van der Waals surface area (Å²) in [6.45, 7) is 0. The quantitative estimate of drug-likeness (QED) is 0.592. The molecular weight excluding hydrogens is 234 g/mol. The molecule has 2 rings (SSSR count). The van der Waals surface area contributed by atoms with Gasteiger partial charge in [-0.1, -0.05) is 18.2 Å². The Morgan fingerprint density at radius 3 is 2.28 bits per heavy atom. The van der Waals surface area contributed by atoms with Gasteiger partial charge in [0.05, 0.1) is 0 Å². The minimum absolute atomic E-state index is 0.293. The first kappa shape index (κ1) is 12.2. The average Bonchev–Trinajstić information content (AvgIpc) is 2.38. The molecule has 0 heterocycles. The zero-order chi connectivity index (χ0) is 13.0. The van der Waals surface area contributed by atoms with Gasteiger partial charge >= 0.3 is 0 Å². The number of carbonyl (C=O) groups is 1. The van der Waals surface area contributed by atoms with Crippen LogP contribution in [-0.2, 0) is 0 Å². The molecule has 0 aliphatic carbocycles. The predicted octanol–water partition coefficient (Wildman–Crippen LogP) is 3.86. The van der Waals surface area contributed by atoms with Gasteiger partial charge in [-0.15, -0.1) is 0 Å². The molecule has 2 aromatic rings. The maximum absolute atomic E-state index is 13.3. The van der Waals surface area contributed by atoms with E-state index in [1.807, 2.05) is 0 Å². The van der Waals surface area contributed by atoms with Crippen molar-refractivity contribution in [3.63, 3.8) is 0 Å². The average molecular weight is 244 g/mol. The number of carbonyl (C=O) groups excluding carboxylic acids is 1. The van der Waals surface area contributed by atoms with Crippen molar-refractivity contribution in [2.45, 2.75) is 0 Å². The summed E-state index contributed by atoms with van der Waals surface area (Å²) < 4.78 is 26.0. The van der Waals surface area contributed by atoms with E-state index in [2.05, 4.69) is 0 Å². The van der Waals surface area contributed by atoms with Crippen molar-refractivity contribution < 1.29 is 13.6 Å². The molecule has 2 aromatic carbocycles. The first-order valence-corrected chi connectivity index (χ1v) is 5.39. The first-order chi connectivity index (χ1) is 8.66. The fourth-order valence-electron chi connectivity index (χ4n) is 1.49. The Balaban J connectivity index is 2.17. The summed E-state index contributed by atoms with van der Waals surface area (Å²) in [5.74, 6) is -1.08. The molecule has 1 nitrogen and oxygen atoms in total. The van der Waals surface area contributed by atoms with Gasteiger partial charge in [-0.05, 0) is 42.5 Å². The molecule has 0 N–H and O–H groups in total. The molecule has 0 amide bonds. The van der Waals surface area contributed by atoms with Crippen LogP contribution in [0.1, 0.15) is 15.9 Å². The van der Waals surface area contributed by atoms with Crippen LogP contribution in [0.25, 0.3) is 6.08 Å². The van der Waals surface area contributed by atoms with Gasteiger partial charge in [0.15, 0.2) is 5.78 Å². The van der Waals surface area contributed by atoms with E-state index in [9.17, 15) is 13.6 Å². The smallest absolute Gasteiger partial charge is 0.185 e. The van der Waals surface area contributed by atoms with Gasteiger partial charge in [0, 0.05) is 11.1 Å². The van der Waals surface area contributed by atoms with E-state index in [0.29, 0.717) is 11.1 Å². The number of allylic oxidation sites excluding steroid dienone is 1. The summed E-state index contributed by atoms with van der Waals surface area (Å²) in [5, 5.41) is 0. The molecular formula is C15H10F2O. The molecule has 0 unspecified atom stereocenters. The van der Waals surface area contributed by atoms with Crippen LogP contribution in [0.15, 0.2) is 54.6 Å². The fraction of sp³-hybridized carbons (Fsp3) is 0. The molecule has 3 heteroatoms. The lowest BCUT2D eigenvalue weighted by molar-refractivity contribution is 0.104. The molecule has 0 atom stereocenters. The lowest BCUT2D eigenvalue weighted by Gasteiger charge is -1.97. The van der Waals surface area contributed by atoms with Gasteiger partial charge in [0.2, 0.25) is 0 Å². The van der Waals surface area contributed by atoms with Crippen LogP contribution in [0.5, 0.6) is 0 Å². The number of hydrogen-bond acceptors (Lipinski definition) is 1. The van der Waals surface area contributed by atoms with Crippen LogP contribution in [0, 0.1) is 11.6 Å². The molecule has 0 fully saturated rings. The standard InChI is InChI=1S/C15H10F2O/c16-13-8-5-12(6-9-13)15(18)10-7-11-3-1-2-4-14(11)17/h1-10H/b10-7-. The van der Waals surface area contributed by atoms with Crippen molar-refractivity contribution in [1.82, 2.24) is 0 Å². The minimum Gasteiger partial charge on any atom is -0.289 e. The second kappa shape index (κ2) is 5.36. The summed E-state index contributed by atoms with van der Waals surface area (Å²) in [5.41, 5.74) is 0.706. The summed E-state index contributed by atoms with van der Waals surface area (Å²) in [4.78, 5) is 11.7. The van der Waals surface area contributed by atoms with E-state index in [4.69, 9.17) is 0 Å². The molecule has 0 bridgehead atoms. The summed E-state index contributed by atoms with van der Waals surface area (Å²) in [7, 11) is 0. The summed E-state index contributed by atoms with van der Waals surface area (Å²) in [6.07, 6.45) is 2.67. The van der Waals surface area contributed by atoms with Crippen LogP contribution < -0.4 is 0 Å². The van der Waals surface area contributed by atoms with E-state index in [-0.39, 0.29) is 11.6 Å². The van der Waals surface area contributed by atoms with Crippen molar-refractivity contribution in [3.05, 3.63) is 77.4 Å². The molecule has 0 aromatic heterocycles. The van der Waals surface area contributed by atoms with Crippen LogP contribution in [0.3, 0.4) is 0 Å². The Labute approximate surface area is 103 Å². The molecule has 0 aliphatic heterocycles. The van der Waals surface area contributed by atoms with E-state index in [0.717, 1.165) is 0 Å². The normalized spacial score (nSPS) is 10.8. The number of benzene rings is 2. The number of halogens is 2. The molecule has 0 saturated carbocycles. The Hall–Kier alpha value is -2.29. The summed E-state index contributed by atoms with van der Waals surface area (Å²) >= 11 is 0. The van der Waals surface area contributed by atoms with E-state index < -0.39 is 5.82 Å². The Kier molecular flexibility index (Phi) is 3.63. The van der Waals surface area contributed by atoms with Crippen molar-refractivity contribution in [2.75, 3.05) is 0 Å². The highest BCUT2D eigenvalue weighted by Gasteiger charge is 2.02. The minimum atomic E-state index is -0.398. The van der Waals surface area contributed by atoms with E-state index in [1.165, 1.54) is 42.5 Å². The monoisotopic (exact) mass is 244 g/mol. The Bertz CT molecular complexity index is 586. The van der Waals surface area contributed by atoms with Crippen LogP contribution in [-0.4, -0.2) is 5.78 Å². The van der Waals surface area contributed by atoms with Crippen LogP contribution >= 0.6 is 0 Å². The van der Waals surface area contributed by atoms with Gasteiger partial charge < -0.3 is 0 Å². The SMILES string of the molecule is O=C(/C=C\c1ccccc1F)c1ccc(F)cc1. The Morgan fingerprint density at radius 1 is 0.944 bits per heavy atom. The van der Waals surface area contributed by atoms with E-state index >= 15 is 0 Å². The molecule has 0 spiro atoms. The zero-order valence-corrected chi connectivity index (χ0v) is 9.44. The number of rotatable bonds is 3. The highest BCUT2D eigenvalue weighted by molar-refractivity contribution is 6.06.